The Kier molecular flexibility index (Phi) is 6.86. The number of hydrogen-bond acceptors (Lipinski definition) is 4. The van der Waals surface area contributed by atoms with E-state index < -0.39 is 10.2 Å². The zero-order valence-corrected chi connectivity index (χ0v) is 19.2. The highest BCUT2D eigenvalue weighted by molar-refractivity contribution is 7.90. The van der Waals surface area contributed by atoms with Crippen molar-refractivity contribution in [3.63, 3.8) is 0 Å². The molecule has 0 aliphatic carbocycles. The van der Waals surface area contributed by atoms with Crippen LogP contribution in [-0.4, -0.2) is 70.3 Å². The number of amides is 1. The average Bonchev–Trinajstić information content (AvgIpc) is 2.74. The number of carbonyl (C=O) groups excluding carboxylic acids is 1. The quantitative estimate of drug-likeness (QED) is 0.681. The maximum atomic E-state index is 13.2. The smallest absolute Gasteiger partial charge is 0.304 e. The Morgan fingerprint density at radius 1 is 1.00 bits per heavy atom. The van der Waals surface area contributed by atoms with E-state index in [0.29, 0.717) is 31.9 Å². The molecule has 1 aliphatic heterocycles. The van der Waals surface area contributed by atoms with Gasteiger partial charge in [-0.05, 0) is 55.3 Å². The van der Waals surface area contributed by atoms with Crippen molar-refractivity contribution in [2.75, 3.05) is 56.0 Å². The van der Waals surface area contributed by atoms with Gasteiger partial charge in [0.25, 0.3) is 0 Å². The molecule has 0 saturated carbocycles. The predicted molar refractivity (Wildman–Crippen MR) is 121 cm³/mol. The number of piperazine rings is 1. The van der Waals surface area contributed by atoms with Gasteiger partial charge in [0.05, 0.1) is 5.69 Å². The fourth-order valence-electron chi connectivity index (χ4n) is 3.57. The van der Waals surface area contributed by atoms with Crippen LogP contribution in [0.5, 0.6) is 0 Å². The molecule has 0 atom stereocenters. The molecule has 0 N–H and O–H groups in total. The van der Waals surface area contributed by atoms with Crippen molar-refractivity contribution in [3.05, 3.63) is 59.4 Å². The van der Waals surface area contributed by atoms with E-state index >= 15 is 0 Å². The largest absolute Gasteiger partial charge is 0.368 e. The summed E-state index contributed by atoms with van der Waals surface area (Å²) in [5, 5.41) is 0. The molecule has 0 bridgehead atoms. The lowest BCUT2D eigenvalue weighted by molar-refractivity contribution is -0.129. The molecule has 1 aliphatic rings. The Hall–Kier alpha value is -2.65. The SMILES string of the molecule is Cc1ccc(C)c(N(CC(=O)N2CCN(c3ccc(F)cc3)CC2)S(=O)(=O)N(C)C)c1. The van der Waals surface area contributed by atoms with E-state index in [1.54, 1.807) is 23.1 Å². The molecular weight excluding hydrogens is 419 g/mol. The summed E-state index contributed by atoms with van der Waals surface area (Å²) < 4.78 is 41.5. The summed E-state index contributed by atoms with van der Waals surface area (Å²) in [5.41, 5.74) is 3.11. The number of nitrogens with zero attached hydrogens (tertiary/aromatic N) is 4. The Bertz CT molecular complexity index is 1030. The lowest BCUT2D eigenvalue weighted by atomic mass is 10.1. The molecule has 1 heterocycles. The van der Waals surface area contributed by atoms with E-state index in [9.17, 15) is 17.6 Å². The van der Waals surface area contributed by atoms with Gasteiger partial charge < -0.3 is 9.80 Å². The van der Waals surface area contributed by atoms with Crippen molar-refractivity contribution >= 4 is 27.5 Å². The Labute approximate surface area is 183 Å². The first-order valence-electron chi connectivity index (χ1n) is 10.2. The number of aryl methyl sites for hydroxylation is 2. The van der Waals surface area contributed by atoms with Crippen molar-refractivity contribution < 1.29 is 17.6 Å². The number of rotatable bonds is 6. The monoisotopic (exact) mass is 448 g/mol. The van der Waals surface area contributed by atoms with Crippen LogP contribution in [0.1, 0.15) is 11.1 Å². The molecule has 0 radical (unpaired) electrons. The summed E-state index contributed by atoms with van der Waals surface area (Å²) in [4.78, 5) is 16.8. The minimum Gasteiger partial charge on any atom is -0.368 e. The molecule has 168 valence electrons. The third-order valence-corrected chi connectivity index (χ3v) is 7.28. The average molecular weight is 449 g/mol. The highest BCUT2D eigenvalue weighted by Crippen LogP contribution is 2.26. The second kappa shape index (κ2) is 9.23. The molecular formula is C22H29FN4O3S. The summed E-state index contributed by atoms with van der Waals surface area (Å²) in [5.74, 6) is -0.531. The maximum absolute atomic E-state index is 13.2. The Morgan fingerprint density at radius 3 is 2.19 bits per heavy atom. The van der Waals surface area contributed by atoms with Gasteiger partial charge in [-0.25, -0.2) is 8.70 Å². The standard InChI is InChI=1S/C22H29FN4O3S/c1-17-5-6-18(2)21(15-17)27(31(29,30)24(3)4)16-22(28)26-13-11-25(12-14-26)20-9-7-19(23)8-10-20/h5-10,15H,11-14,16H2,1-4H3. The van der Waals surface area contributed by atoms with Crippen LogP contribution in [0.4, 0.5) is 15.8 Å². The molecule has 0 aromatic heterocycles. The van der Waals surface area contributed by atoms with Crippen molar-refractivity contribution in [3.8, 4) is 0 Å². The molecule has 0 spiro atoms. The van der Waals surface area contributed by atoms with E-state index in [1.807, 2.05) is 26.0 Å². The van der Waals surface area contributed by atoms with Crippen LogP contribution in [-0.2, 0) is 15.0 Å². The van der Waals surface area contributed by atoms with Crippen LogP contribution < -0.4 is 9.21 Å². The summed E-state index contributed by atoms with van der Waals surface area (Å²) in [6.45, 7) is 5.60. The normalized spacial score (nSPS) is 14.8. The molecule has 1 saturated heterocycles. The van der Waals surface area contributed by atoms with Crippen molar-refractivity contribution in [2.24, 2.45) is 0 Å². The van der Waals surface area contributed by atoms with Gasteiger partial charge in [-0.3, -0.25) is 4.79 Å². The van der Waals surface area contributed by atoms with Gasteiger partial charge in [0.1, 0.15) is 12.4 Å². The van der Waals surface area contributed by atoms with Crippen molar-refractivity contribution in [2.45, 2.75) is 13.8 Å². The first kappa shape index (κ1) is 23.0. The molecule has 0 unspecified atom stereocenters. The number of anilines is 2. The van der Waals surface area contributed by atoms with Crippen LogP contribution in [0, 0.1) is 19.7 Å². The molecule has 1 amide bonds. The van der Waals surface area contributed by atoms with Gasteiger partial charge in [-0.2, -0.15) is 12.7 Å². The molecule has 9 heteroatoms. The van der Waals surface area contributed by atoms with Crippen LogP contribution in [0.25, 0.3) is 0 Å². The van der Waals surface area contributed by atoms with Gasteiger partial charge in [-0.15, -0.1) is 0 Å². The van der Waals surface area contributed by atoms with Crippen LogP contribution >= 0.6 is 0 Å². The number of benzene rings is 2. The zero-order chi connectivity index (χ0) is 22.8. The molecule has 2 aromatic carbocycles. The molecule has 1 fully saturated rings. The topological polar surface area (TPSA) is 64.2 Å². The van der Waals surface area contributed by atoms with E-state index in [-0.39, 0.29) is 18.3 Å². The number of halogens is 1. The summed E-state index contributed by atoms with van der Waals surface area (Å²) in [6.07, 6.45) is 0. The van der Waals surface area contributed by atoms with Gasteiger partial charge in [0.15, 0.2) is 0 Å². The van der Waals surface area contributed by atoms with Gasteiger partial charge in [0.2, 0.25) is 5.91 Å². The van der Waals surface area contributed by atoms with E-state index in [1.165, 1.54) is 30.5 Å². The molecule has 2 aromatic rings. The molecule has 3 rings (SSSR count). The highest BCUT2D eigenvalue weighted by atomic mass is 32.2. The lowest BCUT2D eigenvalue weighted by Crippen LogP contribution is -2.53. The van der Waals surface area contributed by atoms with E-state index in [0.717, 1.165) is 21.1 Å². The third-order valence-electron chi connectivity index (χ3n) is 5.48. The fourth-order valence-corrected chi connectivity index (χ4v) is 4.68. The van der Waals surface area contributed by atoms with E-state index in [4.69, 9.17) is 0 Å². The van der Waals surface area contributed by atoms with Gasteiger partial charge >= 0.3 is 10.2 Å². The van der Waals surface area contributed by atoms with Crippen LogP contribution in [0.2, 0.25) is 0 Å². The van der Waals surface area contributed by atoms with Gasteiger partial charge in [0, 0.05) is 46.0 Å². The highest BCUT2D eigenvalue weighted by Gasteiger charge is 2.31. The Morgan fingerprint density at radius 2 is 1.61 bits per heavy atom. The predicted octanol–water partition coefficient (Wildman–Crippen LogP) is 2.40. The number of hydrogen-bond donors (Lipinski definition) is 0. The second-order valence-electron chi connectivity index (χ2n) is 7.93. The number of carbonyl (C=O) groups is 1. The second-order valence-corrected chi connectivity index (χ2v) is 10.00. The van der Waals surface area contributed by atoms with Crippen molar-refractivity contribution in [1.82, 2.24) is 9.21 Å². The fraction of sp³-hybridized carbons (Fsp3) is 0.409. The van der Waals surface area contributed by atoms with Gasteiger partial charge in [-0.1, -0.05) is 12.1 Å². The van der Waals surface area contributed by atoms with Crippen LogP contribution in [0.15, 0.2) is 42.5 Å². The molecule has 31 heavy (non-hydrogen) atoms. The first-order chi connectivity index (χ1) is 14.6. The minimum absolute atomic E-state index is 0.245. The van der Waals surface area contributed by atoms with E-state index in [2.05, 4.69) is 4.90 Å². The maximum Gasteiger partial charge on any atom is 0.304 e. The van der Waals surface area contributed by atoms with Crippen molar-refractivity contribution in [1.29, 1.82) is 0 Å². The van der Waals surface area contributed by atoms with Crippen LogP contribution in [0.3, 0.4) is 0 Å². The first-order valence-corrected chi connectivity index (χ1v) is 11.5. The Balaban J connectivity index is 1.75. The molecule has 7 nitrogen and oxygen atoms in total. The minimum atomic E-state index is -3.85. The zero-order valence-electron chi connectivity index (χ0n) is 18.4. The lowest BCUT2D eigenvalue weighted by Gasteiger charge is -2.37. The third kappa shape index (κ3) is 5.16. The summed E-state index contributed by atoms with van der Waals surface area (Å²) in [7, 11) is -0.934. The summed E-state index contributed by atoms with van der Waals surface area (Å²) in [6, 6.07) is 11.8. The summed E-state index contributed by atoms with van der Waals surface area (Å²) >= 11 is 0.